The predicted molar refractivity (Wildman–Crippen MR) is 122 cm³/mol. The SMILES string of the molecule is CCNC(=NCC(C)COCc1ccccc1)NCCCNS(C)(=O)=O.I. The number of benzene rings is 1. The van der Waals surface area contributed by atoms with Crippen molar-refractivity contribution in [3.05, 3.63) is 35.9 Å². The Morgan fingerprint density at radius 2 is 1.89 bits per heavy atom. The van der Waals surface area contributed by atoms with Gasteiger partial charge < -0.3 is 15.4 Å². The second kappa shape index (κ2) is 15.1. The van der Waals surface area contributed by atoms with Crippen molar-refractivity contribution < 1.29 is 13.2 Å². The Morgan fingerprint density at radius 3 is 2.52 bits per heavy atom. The number of guanidine groups is 1. The number of nitrogens with zero attached hydrogens (tertiary/aromatic N) is 1. The molecule has 0 radical (unpaired) electrons. The maximum atomic E-state index is 11.0. The molecule has 0 saturated carbocycles. The maximum absolute atomic E-state index is 11.0. The molecule has 27 heavy (non-hydrogen) atoms. The maximum Gasteiger partial charge on any atom is 0.208 e. The number of halogens is 1. The van der Waals surface area contributed by atoms with Crippen molar-refractivity contribution in [2.45, 2.75) is 26.9 Å². The molecule has 0 heterocycles. The zero-order valence-electron chi connectivity index (χ0n) is 16.4. The molecule has 0 saturated heterocycles. The molecule has 1 aromatic carbocycles. The Hall–Kier alpha value is -0.910. The van der Waals surface area contributed by atoms with Crippen LogP contribution in [0.3, 0.4) is 0 Å². The molecule has 1 aromatic rings. The third kappa shape index (κ3) is 14.8. The topological polar surface area (TPSA) is 91.8 Å². The van der Waals surface area contributed by atoms with E-state index in [4.69, 9.17) is 4.74 Å². The summed E-state index contributed by atoms with van der Waals surface area (Å²) in [5.41, 5.74) is 1.17. The van der Waals surface area contributed by atoms with E-state index in [1.807, 2.05) is 25.1 Å². The van der Waals surface area contributed by atoms with Crippen LogP contribution in [-0.2, 0) is 21.4 Å². The Kier molecular flexibility index (Phi) is 14.6. The largest absolute Gasteiger partial charge is 0.376 e. The molecule has 0 aliphatic rings. The lowest BCUT2D eigenvalue weighted by Crippen LogP contribution is -2.39. The van der Waals surface area contributed by atoms with Crippen LogP contribution >= 0.6 is 24.0 Å². The Labute approximate surface area is 180 Å². The summed E-state index contributed by atoms with van der Waals surface area (Å²) in [6, 6.07) is 10.1. The Bertz CT molecular complexity index is 627. The fourth-order valence-electron chi connectivity index (χ4n) is 2.15. The molecule has 7 nitrogen and oxygen atoms in total. The van der Waals surface area contributed by atoms with E-state index in [0.29, 0.717) is 45.2 Å². The second-order valence-electron chi connectivity index (χ2n) is 6.27. The lowest BCUT2D eigenvalue weighted by Gasteiger charge is -2.14. The average molecular weight is 512 g/mol. The van der Waals surface area contributed by atoms with Crippen molar-refractivity contribution in [3.8, 4) is 0 Å². The first-order valence-corrected chi connectivity index (χ1v) is 10.9. The highest BCUT2D eigenvalue weighted by atomic mass is 127. The molecule has 0 amide bonds. The van der Waals surface area contributed by atoms with Crippen LogP contribution < -0.4 is 15.4 Å². The monoisotopic (exact) mass is 512 g/mol. The molecular weight excluding hydrogens is 479 g/mol. The summed E-state index contributed by atoms with van der Waals surface area (Å²) < 4.78 is 30.2. The first-order valence-electron chi connectivity index (χ1n) is 8.99. The van der Waals surface area contributed by atoms with Crippen LogP contribution in [0.25, 0.3) is 0 Å². The highest BCUT2D eigenvalue weighted by molar-refractivity contribution is 14.0. The molecule has 156 valence electrons. The van der Waals surface area contributed by atoms with Crippen LogP contribution in [0.1, 0.15) is 25.8 Å². The van der Waals surface area contributed by atoms with Gasteiger partial charge in [0.1, 0.15) is 0 Å². The van der Waals surface area contributed by atoms with Crippen LogP contribution in [0.4, 0.5) is 0 Å². The van der Waals surface area contributed by atoms with Gasteiger partial charge in [0.2, 0.25) is 10.0 Å². The first-order chi connectivity index (χ1) is 12.4. The molecule has 1 unspecified atom stereocenters. The second-order valence-corrected chi connectivity index (χ2v) is 8.11. The summed E-state index contributed by atoms with van der Waals surface area (Å²) in [7, 11) is -3.12. The van der Waals surface area contributed by atoms with E-state index in [2.05, 4.69) is 39.4 Å². The summed E-state index contributed by atoms with van der Waals surface area (Å²) in [6.45, 7) is 7.86. The normalized spacial score (nSPS) is 12.9. The molecule has 0 aromatic heterocycles. The lowest BCUT2D eigenvalue weighted by molar-refractivity contribution is 0.0945. The third-order valence-electron chi connectivity index (χ3n) is 3.43. The number of ether oxygens (including phenoxy) is 1. The van der Waals surface area contributed by atoms with Gasteiger partial charge in [-0.15, -0.1) is 24.0 Å². The smallest absolute Gasteiger partial charge is 0.208 e. The van der Waals surface area contributed by atoms with Gasteiger partial charge in [0, 0.05) is 26.2 Å². The summed E-state index contributed by atoms with van der Waals surface area (Å²) in [6.07, 6.45) is 1.85. The van der Waals surface area contributed by atoms with Crippen LogP contribution in [0.2, 0.25) is 0 Å². The molecule has 0 fully saturated rings. The van der Waals surface area contributed by atoms with Gasteiger partial charge in [0.25, 0.3) is 0 Å². The van der Waals surface area contributed by atoms with Crippen molar-refractivity contribution in [2.75, 3.05) is 39.0 Å². The quantitative estimate of drug-likeness (QED) is 0.172. The van der Waals surface area contributed by atoms with E-state index in [9.17, 15) is 8.42 Å². The van der Waals surface area contributed by atoms with Gasteiger partial charge in [0.05, 0.1) is 19.5 Å². The third-order valence-corrected chi connectivity index (χ3v) is 4.16. The number of rotatable bonds is 12. The van der Waals surface area contributed by atoms with Crippen LogP contribution in [0.5, 0.6) is 0 Å². The molecule has 0 spiro atoms. The van der Waals surface area contributed by atoms with E-state index in [1.165, 1.54) is 5.56 Å². The van der Waals surface area contributed by atoms with Gasteiger partial charge in [-0.2, -0.15) is 0 Å². The fourth-order valence-corrected chi connectivity index (χ4v) is 2.66. The summed E-state index contributed by atoms with van der Waals surface area (Å²) in [5.74, 6) is 1.04. The van der Waals surface area contributed by atoms with Gasteiger partial charge in [-0.25, -0.2) is 13.1 Å². The number of hydrogen-bond acceptors (Lipinski definition) is 4. The van der Waals surface area contributed by atoms with Crippen molar-refractivity contribution in [1.29, 1.82) is 0 Å². The number of sulfonamides is 1. The van der Waals surface area contributed by atoms with Gasteiger partial charge in [0.15, 0.2) is 5.96 Å². The summed E-state index contributed by atoms with van der Waals surface area (Å²) >= 11 is 0. The van der Waals surface area contributed by atoms with Crippen molar-refractivity contribution >= 4 is 40.0 Å². The highest BCUT2D eigenvalue weighted by Crippen LogP contribution is 2.03. The lowest BCUT2D eigenvalue weighted by atomic mass is 10.2. The van der Waals surface area contributed by atoms with Crippen molar-refractivity contribution in [1.82, 2.24) is 15.4 Å². The van der Waals surface area contributed by atoms with E-state index in [-0.39, 0.29) is 24.0 Å². The molecule has 3 N–H and O–H groups in total. The van der Waals surface area contributed by atoms with Crippen molar-refractivity contribution in [3.63, 3.8) is 0 Å². The number of nitrogens with one attached hydrogen (secondary N) is 3. The fraction of sp³-hybridized carbons (Fsp3) is 0.611. The zero-order valence-corrected chi connectivity index (χ0v) is 19.5. The molecule has 0 aliphatic heterocycles. The van der Waals surface area contributed by atoms with E-state index in [0.717, 1.165) is 18.8 Å². The van der Waals surface area contributed by atoms with E-state index in [1.54, 1.807) is 0 Å². The average Bonchev–Trinajstić information content (AvgIpc) is 2.59. The predicted octanol–water partition coefficient (Wildman–Crippen LogP) is 1.95. The minimum atomic E-state index is -3.12. The molecule has 0 bridgehead atoms. The number of hydrogen-bond donors (Lipinski definition) is 3. The van der Waals surface area contributed by atoms with E-state index < -0.39 is 10.0 Å². The first kappa shape index (κ1) is 26.1. The molecule has 1 rings (SSSR count). The van der Waals surface area contributed by atoms with Crippen LogP contribution in [0.15, 0.2) is 35.3 Å². The van der Waals surface area contributed by atoms with Gasteiger partial charge in [-0.05, 0) is 24.8 Å². The van der Waals surface area contributed by atoms with Crippen LogP contribution in [0, 0.1) is 5.92 Å². The summed E-state index contributed by atoms with van der Waals surface area (Å²) in [4.78, 5) is 4.56. The van der Waals surface area contributed by atoms with Gasteiger partial charge in [-0.3, -0.25) is 4.99 Å². The minimum Gasteiger partial charge on any atom is -0.376 e. The van der Waals surface area contributed by atoms with Gasteiger partial charge in [-0.1, -0.05) is 37.3 Å². The zero-order chi connectivity index (χ0) is 19.3. The minimum absolute atomic E-state index is 0. The van der Waals surface area contributed by atoms with Crippen LogP contribution in [-0.4, -0.2) is 53.4 Å². The molecule has 1 atom stereocenters. The standard InChI is InChI=1S/C18H32N4O3S.HI/c1-4-19-18(20-11-8-12-22-26(3,23)24)21-13-16(2)14-25-15-17-9-6-5-7-10-17;/h5-7,9-10,16,22H,4,8,11-15H2,1-3H3,(H2,19,20,21);1H. The molecule has 9 heteroatoms. The van der Waals surface area contributed by atoms with Gasteiger partial charge >= 0.3 is 0 Å². The highest BCUT2D eigenvalue weighted by Gasteiger charge is 2.04. The molecule has 0 aliphatic carbocycles. The van der Waals surface area contributed by atoms with E-state index >= 15 is 0 Å². The molecular formula is C18H33IN4O3S. The number of aliphatic imine (C=N–C) groups is 1. The summed E-state index contributed by atoms with van der Waals surface area (Å²) in [5, 5.41) is 6.39. The Morgan fingerprint density at radius 1 is 1.19 bits per heavy atom. The van der Waals surface area contributed by atoms with Crippen molar-refractivity contribution in [2.24, 2.45) is 10.9 Å². The Balaban J connectivity index is 0.00000676.